The van der Waals surface area contributed by atoms with Crippen molar-refractivity contribution in [3.8, 4) is 0 Å². The van der Waals surface area contributed by atoms with Crippen LogP contribution in [0, 0.1) is 46.3 Å². The molecule has 5 aliphatic rings. The smallest absolute Gasteiger partial charge is 0.220 e. The van der Waals surface area contributed by atoms with E-state index in [0.717, 1.165) is 48.9 Å². The normalized spacial score (nSPS) is 46.2. The Kier molecular flexibility index (Phi) is 6.01. The quantitative estimate of drug-likeness (QED) is 0.269. The molecule has 9 atom stereocenters. The molecular weight excluding hydrogens is 396 g/mol. The highest BCUT2D eigenvalue weighted by molar-refractivity contribution is 5.76. The molecule has 0 saturated heterocycles. The number of carbonyl (C=O) groups excluding carboxylic acids is 1. The van der Waals surface area contributed by atoms with E-state index >= 15 is 0 Å². The van der Waals surface area contributed by atoms with Crippen molar-refractivity contribution >= 4 is 5.91 Å². The van der Waals surface area contributed by atoms with Crippen LogP contribution in [0.1, 0.15) is 104 Å². The number of hydrogen-bond acceptors (Lipinski definition) is 2. The van der Waals surface area contributed by atoms with Gasteiger partial charge >= 0.3 is 0 Å². The third-order valence-corrected chi connectivity index (χ3v) is 11.4. The van der Waals surface area contributed by atoms with E-state index < -0.39 is 0 Å². The SMILES string of the molecule is C[C@H](CCC(=O)NC1CC1)[C@H]1CC[C@H]2[C@@H]3CC[C@@H]4CC(N=[N+]=[N-])CC[C@]4(C)[C@H]3CC[C@]12C. The molecule has 1 amide bonds. The van der Waals surface area contributed by atoms with Gasteiger partial charge in [-0.25, -0.2) is 0 Å². The van der Waals surface area contributed by atoms with Crippen molar-refractivity contribution in [1.29, 1.82) is 0 Å². The van der Waals surface area contributed by atoms with Gasteiger partial charge in [0.2, 0.25) is 5.91 Å². The molecule has 0 heterocycles. The van der Waals surface area contributed by atoms with Gasteiger partial charge in [0.25, 0.3) is 0 Å². The first kappa shape index (κ1) is 22.6. The highest BCUT2D eigenvalue weighted by Gasteiger charge is 2.60. The number of nitrogens with zero attached hydrogens (tertiary/aromatic N) is 3. The van der Waals surface area contributed by atoms with E-state index in [0.29, 0.717) is 29.2 Å². The molecule has 1 N–H and O–H groups in total. The molecule has 0 radical (unpaired) electrons. The summed E-state index contributed by atoms with van der Waals surface area (Å²) in [6.07, 6.45) is 15.9. The predicted octanol–water partition coefficient (Wildman–Crippen LogP) is 7.02. The van der Waals surface area contributed by atoms with E-state index in [9.17, 15) is 4.79 Å². The lowest BCUT2D eigenvalue weighted by Crippen LogP contribution is -2.54. The van der Waals surface area contributed by atoms with Gasteiger partial charge in [-0.15, -0.1) is 0 Å². The van der Waals surface area contributed by atoms with Crippen LogP contribution in [0.15, 0.2) is 5.11 Å². The van der Waals surface area contributed by atoms with Crippen LogP contribution in [0.25, 0.3) is 10.4 Å². The Morgan fingerprint density at radius 2 is 1.78 bits per heavy atom. The Morgan fingerprint density at radius 3 is 2.53 bits per heavy atom. The molecule has 0 aromatic heterocycles. The van der Waals surface area contributed by atoms with Gasteiger partial charge in [-0.1, -0.05) is 25.9 Å². The molecular formula is C27H44N4O. The lowest BCUT2D eigenvalue weighted by molar-refractivity contribution is -0.122. The van der Waals surface area contributed by atoms with Crippen LogP contribution in [0.5, 0.6) is 0 Å². The Hall–Kier alpha value is -1.22. The zero-order valence-corrected chi connectivity index (χ0v) is 20.6. The van der Waals surface area contributed by atoms with E-state index in [-0.39, 0.29) is 11.9 Å². The van der Waals surface area contributed by atoms with Gasteiger partial charge in [0.05, 0.1) is 0 Å². The van der Waals surface area contributed by atoms with Gasteiger partial charge in [0, 0.05) is 23.4 Å². The topological polar surface area (TPSA) is 77.9 Å². The van der Waals surface area contributed by atoms with Gasteiger partial charge in [0.1, 0.15) is 0 Å². The average Bonchev–Trinajstić information content (AvgIpc) is 3.50. The zero-order valence-electron chi connectivity index (χ0n) is 20.6. The molecule has 5 aliphatic carbocycles. The van der Waals surface area contributed by atoms with Crippen LogP contribution in [-0.4, -0.2) is 18.0 Å². The Bertz CT molecular complexity index is 774. The van der Waals surface area contributed by atoms with E-state index in [1.165, 1.54) is 57.8 Å². The lowest BCUT2D eigenvalue weighted by atomic mass is 9.44. The summed E-state index contributed by atoms with van der Waals surface area (Å²) in [6.45, 7) is 7.65. The van der Waals surface area contributed by atoms with E-state index in [4.69, 9.17) is 5.53 Å². The maximum atomic E-state index is 12.3. The molecule has 5 rings (SSSR count). The highest BCUT2D eigenvalue weighted by Crippen LogP contribution is 2.68. The van der Waals surface area contributed by atoms with Gasteiger partial charge in [0.15, 0.2) is 0 Å². The number of azide groups is 1. The second-order valence-electron chi connectivity index (χ2n) is 12.9. The van der Waals surface area contributed by atoms with Crippen LogP contribution < -0.4 is 5.32 Å². The van der Waals surface area contributed by atoms with E-state index in [1.54, 1.807) is 0 Å². The molecule has 0 spiro atoms. The van der Waals surface area contributed by atoms with Crippen LogP contribution in [-0.2, 0) is 4.79 Å². The third kappa shape index (κ3) is 3.87. The van der Waals surface area contributed by atoms with Crippen molar-refractivity contribution in [3.05, 3.63) is 10.4 Å². The lowest BCUT2D eigenvalue weighted by Gasteiger charge is -2.61. The third-order valence-electron chi connectivity index (χ3n) is 11.4. The molecule has 5 heteroatoms. The van der Waals surface area contributed by atoms with Crippen molar-refractivity contribution in [2.45, 2.75) is 116 Å². The molecule has 0 aromatic rings. The number of amides is 1. The molecule has 0 aliphatic heterocycles. The van der Waals surface area contributed by atoms with E-state index in [1.807, 2.05) is 0 Å². The van der Waals surface area contributed by atoms with Crippen LogP contribution >= 0.6 is 0 Å². The number of hydrogen-bond donors (Lipinski definition) is 1. The summed E-state index contributed by atoms with van der Waals surface area (Å²) in [5.74, 6) is 5.10. The molecule has 0 bridgehead atoms. The molecule has 5 fully saturated rings. The van der Waals surface area contributed by atoms with Crippen molar-refractivity contribution in [3.63, 3.8) is 0 Å². The Balaban J connectivity index is 1.24. The number of carbonyl (C=O) groups is 1. The fourth-order valence-corrected chi connectivity index (χ4v) is 9.48. The van der Waals surface area contributed by atoms with Crippen molar-refractivity contribution < 1.29 is 4.79 Å². The number of fused-ring (bicyclic) bond motifs is 5. The average molecular weight is 441 g/mol. The molecule has 5 saturated carbocycles. The highest BCUT2D eigenvalue weighted by atomic mass is 16.1. The monoisotopic (exact) mass is 440 g/mol. The minimum Gasteiger partial charge on any atom is -0.353 e. The summed E-state index contributed by atoms with van der Waals surface area (Å²) < 4.78 is 0. The standard InChI is InChI=1S/C27H44N4O/c1-17(4-11-25(32)29-19-6-7-19)22-9-10-23-21-8-5-18-16-20(30-31-28)12-14-26(18,2)24(21)13-15-27(22,23)3/h17-24H,4-16H2,1-3H3,(H,29,32)/t17-,18-,20?,21+,22-,23+,24+,26+,27-/m1/s1. The summed E-state index contributed by atoms with van der Waals surface area (Å²) >= 11 is 0. The van der Waals surface area contributed by atoms with Crippen molar-refractivity contribution in [2.24, 2.45) is 51.5 Å². The van der Waals surface area contributed by atoms with Crippen LogP contribution in [0.4, 0.5) is 0 Å². The maximum absolute atomic E-state index is 12.3. The van der Waals surface area contributed by atoms with Crippen molar-refractivity contribution in [2.75, 3.05) is 0 Å². The molecule has 178 valence electrons. The molecule has 32 heavy (non-hydrogen) atoms. The minimum absolute atomic E-state index is 0.234. The second-order valence-corrected chi connectivity index (χ2v) is 12.9. The van der Waals surface area contributed by atoms with Gasteiger partial charge in [-0.05, 0) is 129 Å². The van der Waals surface area contributed by atoms with Crippen LogP contribution in [0.3, 0.4) is 0 Å². The largest absolute Gasteiger partial charge is 0.353 e. The van der Waals surface area contributed by atoms with Gasteiger partial charge < -0.3 is 5.32 Å². The summed E-state index contributed by atoms with van der Waals surface area (Å²) in [4.78, 5) is 15.4. The number of nitrogens with one attached hydrogen (secondary N) is 1. The van der Waals surface area contributed by atoms with E-state index in [2.05, 4.69) is 36.1 Å². The Morgan fingerprint density at radius 1 is 1.03 bits per heavy atom. The van der Waals surface area contributed by atoms with Gasteiger partial charge in [-0.2, -0.15) is 0 Å². The fourth-order valence-electron chi connectivity index (χ4n) is 9.48. The number of rotatable bonds is 6. The summed E-state index contributed by atoms with van der Waals surface area (Å²) in [5, 5.41) is 7.28. The molecule has 0 aromatic carbocycles. The maximum Gasteiger partial charge on any atom is 0.220 e. The predicted molar refractivity (Wildman–Crippen MR) is 128 cm³/mol. The zero-order chi connectivity index (χ0) is 22.5. The summed E-state index contributed by atoms with van der Waals surface area (Å²) in [5.41, 5.74) is 9.84. The second kappa shape index (κ2) is 8.53. The minimum atomic E-state index is 0.234. The van der Waals surface area contributed by atoms with Crippen LogP contribution in [0.2, 0.25) is 0 Å². The van der Waals surface area contributed by atoms with Crippen molar-refractivity contribution in [1.82, 2.24) is 5.32 Å². The fraction of sp³-hybridized carbons (Fsp3) is 0.963. The first-order chi connectivity index (χ1) is 15.3. The first-order valence-electron chi connectivity index (χ1n) is 13.7. The Labute approximate surface area is 194 Å². The summed E-state index contributed by atoms with van der Waals surface area (Å²) in [6, 6.07) is 0.719. The molecule has 1 unspecified atom stereocenters. The van der Waals surface area contributed by atoms with Gasteiger partial charge in [-0.3, -0.25) is 4.79 Å². The first-order valence-corrected chi connectivity index (χ1v) is 13.7. The molecule has 5 nitrogen and oxygen atoms in total. The summed E-state index contributed by atoms with van der Waals surface area (Å²) in [7, 11) is 0.